The van der Waals surface area contributed by atoms with Crippen molar-refractivity contribution >= 4 is 17.4 Å². The van der Waals surface area contributed by atoms with Gasteiger partial charge < -0.3 is 19.9 Å². The first-order chi connectivity index (χ1) is 9.16. The average molecular weight is 288 g/mol. The van der Waals surface area contributed by atoms with Gasteiger partial charge in [0.15, 0.2) is 0 Å². The Kier molecular flexibility index (Phi) is 7.17. The Bertz CT molecular complexity index is 415. The van der Waals surface area contributed by atoms with E-state index in [2.05, 4.69) is 4.98 Å². The van der Waals surface area contributed by atoms with Crippen LogP contribution in [0.5, 0.6) is 5.88 Å². The minimum absolute atomic E-state index is 0.111. The first-order valence-electron chi connectivity index (χ1n) is 5.85. The summed E-state index contributed by atoms with van der Waals surface area (Å²) in [6.45, 7) is 2.15. The molecule has 0 saturated heterocycles. The fourth-order valence-electron chi connectivity index (χ4n) is 1.31. The van der Waals surface area contributed by atoms with Crippen molar-refractivity contribution in [2.24, 2.45) is 5.73 Å². The summed E-state index contributed by atoms with van der Waals surface area (Å²) in [5.41, 5.74) is 5.81. The molecular formula is C12H18ClN3O3. The molecule has 0 amide bonds. The van der Waals surface area contributed by atoms with E-state index in [1.807, 2.05) is 0 Å². The number of pyridine rings is 1. The molecule has 3 N–H and O–H groups in total. The van der Waals surface area contributed by atoms with Crippen LogP contribution in [0.3, 0.4) is 0 Å². The third kappa shape index (κ3) is 5.42. The van der Waals surface area contributed by atoms with E-state index in [-0.39, 0.29) is 16.7 Å². The maximum atomic E-state index is 7.36. The molecular weight excluding hydrogens is 270 g/mol. The van der Waals surface area contributed by atoms with Crippen LogP contribution in [-0.4, -0.2) is 44.4 Å². The molecule has 19 heavy (non-hydrogen) atoms. The zero-order valence-electron chi connectivity index (χ0n) is 10.8. The summed E-state index contributed by atoms with van der Waals surface area (Å²) >= 11 is 6.03. The predicted octanol–water partition coefficient (Wildman–Crippen LogP) is 1.45. The third-order valence-electron chi connectivity index (χ3n) is 2.25. The highest BCUT2D eigenvalue weighted by Gasteiger charge is 2.10. The quantitative estimate of drug-likeness (QED) is 0.407. The Balaban J connectivity index is 2.33. The molecule has 1 heterocycles. The number of methoxy groups -OCH3 is 1. The van der Waals surface area contributed by atoms with Crippen molar-refractivity contribution in [3.05, 3.63) is 22.8 Å². The van der Waals surface area contributed by atoms with Crippen molar-refractivity contribution in [1.82, 2.24) is 4.98 Å². The molecule has 1 rings (SSSR count). The number of nitrogens with two attached hydrogens (primary N) is 1. The second-order valence-corrected chi connectivity index (χ2v) is 4.08. The SMILES string of the molecule is COCCOCCCOc1nccc(C(=N)N)c1Cl. The average Bonchev–Trinajstić information content (AvgIpc) is 2.39. The van der Waals surface area contributed by atoms with Gasteiger partial charge in [0.25, 0.3) is 0 Å². The highest BCUT2D eigenvalue weighted by molar-refractivity contribution is 6.35. The Morgan fingerprint density at radius 2 is 2.16 bits per heavy atom. The van der Waals surface area contributed by atoms with Crippen LogP contribution in [0, 0.1) is 5.41 Å². The van der Waals surface area contributed by atoms with E-state index in [0.29, 0.717) is 38.4 Å². The molecule has 1 aromatic heterocycles. The van der Waals surface area contributed by atoms with E-state index in [0.717, 1.165) is 0 Å². The van der Waals surface area contributed by atoms with Crippen LogP contribution in [0.15, 0.2) is 12.3 Å². The van der Waals surface area contributed by atoms with E-state index in [9.17, 15) is 0 Å². The van der Waals surface area contributed by atoms with E-state index < -0.39 is 0 Å². The van der Waals surface area contributed by atoms with Gasteiger partial charge >= 0.3 is 0 Å². The maximum absolute atomic E-state index is 7.36. The summed E-state index contributed by atoms with van der Waals surface area (Å²) < 4.78 is 15.6. The molecule has 0 aliphatic heterocycles. The first kappa shape index (κ1) is 15.7. The van der Waals surface area contributed by atoms with Gasteiger partial charge in [0.2, 0.25) is 5.88 Å². The van der Waals surface area contributed by atoms with Crippen molar-refractivity contribution in [3.63, 3.8) is 0 Å². The fourth-order valence-corrected chi connectivity index (χ4v) is 1.58. The Labute approximate surface area is 117 Å². The molecule has 0 saturated carbocycles. The summed E-state index contributed by atoms with van der Waals surface area (Å²) in [5.74, 6) is 0.173. The van der Waals surface area contributed by atoms with Crippen LogP contribution >= 0.6 is 11.6 Å². The topological polar surface area (TPSA) is 90.5 Å². The second-order valence-electron chi connectivity index (χ2n) is 3.70. The molecule has 0 radical (unpaired) electrons. The van der Waals surface area contributed by atoms with Crippen LogP contribution in [0.4, 0.5) is 0 Å². The van der Waals surface area contributed by atoms with Crippen molar-refractivity contribution < 1.29 is 14.2 Å². The van der Waals surface area contributed by atoms with E-state index >= 15 is 0 Å². The normalized spacial score (nSPS) is 10.4. The molecule has 1 aromatic rings. The van der Waals surface area contributed by atoms with Crippen molar-refractivity contribution in [3.8, 4) is 5.88 Å². The van der Waals surface area contributed by atoms with Crippen LogP contribution in [-0.2, 0) is 9.47 Å². The highest BCUT2D eigenvalue weighted by Crippen LogP contribution is 2.25. The van der Waals surface area contributed by atoms with Gasteiger partial charge in [0.05, 0.1) is 19.8 Å². The van der Waals surface area contributed by atoms with Crippen molar-refractivity contribution in [1.29, 1.82) is 5.41 Å². The Morgan fingerprint density at radius 1 is 1.37 bits per heavy atom. The number of amidine groups is 1. The number of hydrogen-bond donors (Lipinski definition) is 2. The smallest absolute Gasteiger partial charge is 0.233 e. The van der Waals surface area contributed by atoms with Crippen molar-refractivity contribution in [2.75, 3.05) is 33.5 Å². The van der Waals surface area contributed by atoms with Gasteiger partial charge in [-0.2, -0.15) is 0 Å². The van der Waals surface area contributed by atoms with Gasteiger partial charge in [-0.05, 0) is 6.07 Å². The molecule has 0 aliphatic carbocycles. The standard InChI is InChI=1S/C12H18ClN3O3/c1-17-7-8-18-5-2-6-19-12-10(13)9(11(14)15)3-4-16-12/h3-4H,2,5-8H2,1H3,(H3,14,15). The zero-order chi connectivity index (χ0) is 14.1. The number of hydrogen-bond acceptors (Lipinski definition) is 5. The maximum Gasteiger partial charge on any atom is 0.233 e. The summed E-state index contributed by atoms with van der Waals surface area (Å²) in [4.78, 5) is 4.00. The van der Waals surface area contributed by atoms with E-state index in [1.54, 1.807) is 13.2 Å². The Hall–Kier alpha value is -1.37. The van der Waals surface area contributed by atoms with E-state index in [4.69, 9.17) is 37.0 Å². The van der Waals surface area contributed by atoms with Crippen LogP contribution in [0.25, 0.3) is 0 Å². The minimum Gasteiger partial charge on any atom is -0.477 e. The fraction of sp³-hybridized carbons (Fsp3) is 0.500. The minimum atomic E-state index is -0.111. The molecule has 0 aliphatic rings. The lowest BCUT2D eigenvalue weighted by Gasteiger charge is -2.09. The molecule has 0 fully saturated rings. The molecule has 6 nitrogen and oxygen atoms in total. The van der Waals surface area contributed by atoms with Gasteiger partial charge in [-0.1, -0.05) is 11.6 Å². The molecule has 7 heteroatoms. The Morgan fingerprint density at radius 3 is 2.84 bits per heavy atom. The number of halogens is 1. The lowest BCUT2D eigenvalue weighted by molar-refractivity contribution is 0.0642. The molecule has 106 valence electrons. The molecule has 0 unspecified atom stereocenters. The number of nitrogens with one attached hydrogen (secondary N) is 1. The third-order valence-corrected chi connectivity index (χ3v) is 2.62. The zero-order valence-corrected chi connectivity index (χ0v) is 11.6. The van der Waals surface area contributed by atoms with Gasteiger partial charge in [-0.3, -0.25) is 5.41 Å². The lowest BCUT2D eigenvalue weighted by Crippen LogP contribution is -2.13. The second kappa shape index (κ2) is 8.68. The highest BCUT2D eigenvalue weighted by atomic mass is 35.5. The van der Waals surface area contributed by atoms with E-state index in [1.165, 1.54) is 6.20 Å². The summed E-state index contributed by atoms with van der Waals surface area (Å²) in [7, 11) is 1.63. The van der Waals surface area contributed by atoms with Crippen LogP contribution < -0.4 is 10.5 Å². The first-order valence-corrected chi connectivity index (χ1v) is 6.23. The van der Waals surface area contributed by atoms with Gasteiger partial charge in [0.1, 0.15) is 10.9 Å². The number of aromatic nitrogens is 1. The summed E-state index contributed by atoms with van der Waals surface area (Å²) in [6, 6.07) is 1.57. The van der Waals surface area contributed by atoms with Crippen LogP contribution in [0.1, 0.15) is 12.0 Å². The number of rotatable bonds is 9. The predicted molar refractivity (Wildman–Crippen MR) is 73.1 cm³/mol. The molecule has 0 bridgehead atoms. The molecule has 0 spiro atoms. The summed E-state index contributed by atoms with van der Waals surface area (Å²) in [6.07, 6.45) is 2.22. The van der Waals surface area contributed by atoms with Gasteiger partial charge in [-0.25, -0.2) is 4.98 Å². The molecule has 0 aromatic carbocycles. The number of nitrogens with zero attached hydrogens (tertiary/aromatic N) is 1. The van der Waals surface area contributed by atoms with Gasteiger partial charge in [-0.15, -0.1) is 0 Å². The lowest BCUT2D eigenvalue weighted by atomic mass is 10.2. The molecule has 0 atom stereocenters. The summed E-state index contributed by atoms with van der Waals surface area (Å²) in [5, 5.41) is 7.62. The van der Waals surface area contributed by atoms with Crippen LogP contribution in [0.2, 0.25) is 5.02 Å². The largest absolute Gasteiger partial charge is 0.477 e. The monoisotopic (exact) mass is 287 g/mol. The number of ether oxygens (including phenoxy) is 3. The van der Waals surface area contributed by atoms with Gasteiger partial charge in [0, 0.05) is 31.9 Å². The number of nitrogen functional groups attached to an aromatic ring is 1. The van der Waals surface area contributed by atoms with Crippen molar-refractivity contribution in [2.45, 2.75) is 6.42 Å².